The number of rotatable bonds is 18. The minimum atomic E-state index is -1.61. The normalized spacial score (nSPS) is 21.4. The van der Waals surface area contributed by atoms with Crippen molar-refractivity contribution in [1.82, 2.24) is 40.5 Å². The number of nitro groups is 1. The number of nitrogens with zero attached hydrogens (tertiary/aromatic N) is 5. The maximum Gasteiger partial charge on any atom is 0.343 e. The molecule has 2 aliphatic rings. The standard InChI is InChI=1S/C68H82ClN9O13/c1-12-13-27-49-59(79)73-51(36-47-39-77(52-28-21-20-26-48(47)52)68(8,9)58(37-69)91-67(87)46-24-18-15-19-25-46)64(84)74(10)54(31-40(2)3)61(81)72-50(34-44-29-30-57(53(35-44)78(88)89)90-66(86)45-22-16-14-17-23-45)60(80)70-43(7)63(83)75(11)56-33-42(6)38-76(65(56)85)55(32-41(4)5)62(82)71-49/h12-26,28-30,35,38-41,43,49-51,54-56,58H,27,31-34,36-37H2,1-11H3,(H,70,80)(H,71,82)(H,72,81)(H,73,79)/b13-12+/t43-,49-,50-,51-,54-,55-,56-,58+/m0/s1. The van der Waals surface area contributed by atoms with Crippen LogP contribution in [0, 0.1) is 22.0 Å². The van der Waals surface area contributed by atoms with Crippen LogP contribution < -0.4 is 26.0 Å². The van der Waals surface area contributed by atoms with Crippen LogP contribution in [0.15, 0.2) is 133 Å². The number of alkyl halides is 1. The number of nitrogens with one attached hydrogen (secondary N) is 4. The number of hydrogen-bond acceptors (Lipinski definition) is 13. The summed E-state index contributed by atoms with van der Waals surface area (Å²) in [5.41, 5.74) is 0.728. The van der Waals surface area contributed by atoms with E-state index in [9.17, 15) is 38.9 Å². The summed E-state index contributed by atoms with van der Waals surface area (Å²) in [4.78, 5) is 148. The molecule has 8 atom stereocenters. The Bertz CT molecular complexity index is 3590. The second-order valence-electron chi connectivity index (χ2n) is 24.7. The fraction of sp³-hybridized carbons (Fsp3) is 0.426. The predicted octanol–water partition coefficient (Wildman–Crippen LogP) is 7.94. The molecule has 1 fully saturated rings. The van der Waals surface area contributed by atoms with Crippen LogP contribution >= 0.6 is 11.6 Å². The zero-order chi connectivity index (χ0) is 66.6. The lowest BCUT2D eigenvalue weighted by Gasteiger charge is -2.39. The van der Waals surface area contributed by atoms with E-state index in [-0.39, 0.29) is 60.9 Å². The largest absolute Gasteiger partial charge is 0.455 e. The van der Waals surface area contributed by atoms with Gasteiger partial charge in [-0.1, -0.05) is 106 Å². The highest BCUT2D eigenvalue weighted by Gasteiger charge is 2.43. The summed E-state index contributed by atoms with van der Waals surface area (Å²) in [5, 5.41) is 24.6. The molecule has 0 radical (unpaired) electrons. The van der Waals surface area contributed by atoms with Gasteiger partial charge in [0.25, 0.3) is 0 Å². The van der Waals surface area contributed by atoms with E-state index < -0.39 is 130 Å². The third kappa shape index (κ3) is 16.8. The second kappa shape index (κ2) is 30.6. The van der Waals surface area contributed by atoms with Crippen LogP contribution in [0.3, 0.4) is 0 Å². The highest BCUT2D eigenvalue weighted by atomic mass is 35.5. The van der Waals surface area contributed by atoms with Crippen molar-refractivity contribution in [1.29, 1.82) is 0 Å². The van der Waals surface area contributed by atoms with E-state index in [4.69, 9.17) is 21.1 Å². The summed E-state index contributed by atoms with van der Waals surface area (Å²) in [6.07, 6.45) is 5.32. The molecule has 1 saturated heterocycles. The number of amides is 7. The van der Waals surface area contributed by atoms with Crippen LogP contribution in [0.25, 0.3) is 10.9 Å². The number of allylic oxidation sites excluding steroid dienone is 1. The van der Waals surface area contributed by atoms with Crippen molar-refractivity contribution < 1.29 is 57.5 Å². The lowest BCUT2D eigenvalue weighted by molar-refractivity contribution is -0.385. The number of likely N-dealkylation sites (N-methyl/N-ethyl adjacent to an activating group) is 2. The topological polar surface area (TPSA) is 278 Å². The highest BCUT2D eigenvalue weighted by Crippen LogP contribution is 2.35. The SMILES string of the molecule is C/C=C/C[C@@H]1NC(=O)[C@H](CC(C)C)N2C=C(C)C[C@@H](C2=O)N(C)C(=O)[C@H](C)NC(=O)[C@H](Cc2ccc(OC(=O)c3ccccc3)c([N+](=O)[O-])c2)NC(=O)[C@H](CC(C)C)N(C)C(=O)[C@H](Cc2cn(C(C)(C)[C@@H](CCl)OC(=O)c3ccccc3)c3ccccc23)NC1=O. The Hall–Kier alpha value is -9.18. The van der Waals surface area contributed by atoms with E-state index in [1.807, 2.05) is 64.3 Å². The molecule has 0 aliphatic carbocycles. The van der Waals surface area contributed by atoms with Gasteiger partial charge in [-0.3, -0.25) is 43.7 Å². The van der Waals surface area contributed by atoms with Gasteiger partial charge in [0.1, 0.15) is 48.4 Å². The first-order valence-corrected chi connectivity index (χ1v) is 31.0. The molecular weight excluding hydrogens is 1190 g/mol. The minimum Gasteiger partial charge on any atom is -0.455 e. The number of para-hydroxylation sites is 1. The summed E-state index contributed by atoms with van der Waals surface area (Å²) in [6, 6.07) is 17.8. The van der Waals surface area contributed by atoms with Crippen LogP contribution in [-0.4, -0.2) is 146 Å². The molecule has 0 spiro atoms. The number of aromatic nitrogens is 1. The molecule has 91 heavy (non-hydrogen) atoms. The summed E-state index contributed by atoms with van der Waals surface area (Å²) in [6.45, 7) is 16.0. The van der Waals surface area contributed by atoms with Gasteiger partial charge in [0.05, 0.1) is 27.5 Å². The molecular formula is C68H82ClN9O13. The van der Waals surface area contributed by atoms with Gasteiger partial charge in [0, 0.05) is 56.3 Å². The van der Waals surface area contributed by atoms with Crippen LogP contribution in [0.5, 0.6) is 5.75 Å². The lowest BCUT2D eigenvalue weighted by Crippen LogP contribution is -2.60. The van der Waals surface area contributed by atoms with E-state index in [1.165, 1.54) is 60.0 Å². The molecule has 4 aromatic carbocycles. The van der Waals surface area contributed by atoms with Gasteiger partial charge in [-0.2, -0.15) is 0 Å². The molecule has 0 saturated carbocycles. The quantitative estimate of drug-likeness (QED) is 0.0162. The number of esters is 2. The van der Waals surface area contributed by atoms with Crippen molar-refractivity contribution in [2.24, 2.45) is 11.8 Å². The fourth-order valence-electron chi connectivity index (χ4n) is 11.4. The van der Waals surface area contributed by atoms with E-state index >= 15 is 14.4 Å². The summed E-state index contributed by atoms with van der Waals surface area (Å²) >= 11 is 6.64. The first kappa shape index (κ1) is 69.3. The predicted molar refractivity (Wildman–Crippen MR) is 343 cm³/mol. The highest BCUT2D eigenvalue weighted by molar-refractivity contribution is 6.18. The molecule has 2 aliphatic heterocycles. The molecule has 4 N–H and O–H groups in total. The van der Waals surface area contributed by atoms with E-state index in [1.54, 1.807) is 93.0 Å². The van der Waals surface area contributed by atoms with Gasteiger partial charge >= 0.3 is 17.6 Å². The molecule has 2 bridgehead atoms. The van der Waals surface area contributed by atoms with Gasteiger partial charge in [-0.15, -0.1) is 11.6 Å². The molecule has 0 unspecified atom stereocenters. The van der Waals surface area contributed by atoms with Crippen molar-refractivity contribution in [3.8, 4) is 5.75 Å². The van der Waals surface area contributed by atoms with E-state index in [0.29, 0.717) is 27.6 Å². The van der Waals surface area contributed by atoms with Crippen molar-refractivity contribution >= 4 is 81.5 Å². The zero-order valence-corrected chi connectivity index (χ0v) is 54.0. The number of fused-ring (bicyclic) bond motifs is 3. The number of benzene rings is 4. The number of halogens is 1. The molecule has 484 valence electrons. The maximum atomic E-state index is 15.8. The number of carbonyl (C=O) groups is 9. The van der Waals surface area contributed by atoms with Gasteiger partial charge in [-0.25, -0.2) is 9.59 Å². The number of hydrogen-bond donors (Lipinski definition) is 4. The monoisotopic (exact) mass is 1270 g/mol. The van der Waals surface area contributed by atoms with Crippen LogP contribution in [0.1, 0.15) is 120 Å². The summed E-state index contributed by atoms with van der Waals surface area (Å²) in [7, 11) is 2.79. The Morgan fingerprint density at radius 2 is 1.29 bits per heavy atom. The minimum absolute atomic E-state index is 0.00130. The smallest absolute Gasteiger partial charge is 0.343 e. The van der Waals surface area contributed by atoms with E-state index in [0.717, 1.165) is 6.07 Å². The summed E-state index contributed by atoms with van der Waals surface area (Å²) in [5.74, 6) is -7.73. The molecule has 5 aromatic rings. The first-order valence-electron chi connectivity index (χ1n) is 30.5. The number of nitro benzene ring substituents is 1. The molecule has 7 rings (SSSR count). The third-order valence-corrected chi connectivity index (χ3v) is 16.8. The lowest BCUT2D eigenvalue weighted by atomic mass is 9.95. The fourth-order valence-corrected chi connectivity index (χ4v) is 11.8. The third-order valence-electron chi connectivity index (χ3n) is 16.5. The molecule has 23 heteroatoms. The van der Waals surface area contributed by atoms with Gasteiger partial charge in [0.2, 0.25) is 47.1 Å². The first-order chi connectivity index (χ1) is 43.1. The Morgan fingerprint density at radius 3 is 1.90 bits per heavy atom. The molecule has 7 amide bonds. The van der Waals surface area contributed by atoms with Gasteiger partial charge in [-0.05, 0) is 120 Å². The van der Waals surface area contributed by atoms with Crippen molar-refractivity contribution in [2.45, 2.75) is 155 Å². The molecule has 3 heterocycles. The molecule has 1 aromatic heterocycles. The Labute approximate surface area is 535 Å². The van der Waals surface area contributed by atoms with Crippen LogP contribution in [0.2, 0.25) is 0 Å². The Balaban J connectivity index is 1.35. The van der Waals surface area contributed by atoms with Crippen LogP contribution in [-0.2, 0) is 56.7 Å². The Kier molecular flexibility index (Phi) is 23.3. The van der Waals surface area contributed by atoms with Crippen molar-refractivity contribution in [3.05, 3.63) is 166 Å². The van der Waals surface area contributed by atoms with Crippen molar-refractivity contribution in [2.75, 3.05) is 20.0 Å². The van der Waals surface area contributed by atoms with Gasteiger partial charge < -0.3 is 50.0 Å². The number of carbonyl (C=O) groups excluding carboxylic acids is 9. The Morgan fingerprint density at radius 1 is 0.714 bits per heavy atom. The van der Waals surface area contributed by atoms with Crippen molar-refractivity contribution in [3.63, 3.8) is 0 Å². The van der Waals surface area contributed by atoms with Gasteiger partial charge in [0.15, 0.2) is 0 Å². The second-order valence-corrected chi connectivity index (χ2v) is 25.0. The average Bonchev–Trinajstić information content (AvgIpc) is 2.00. The zero-order valence-electron chi connectivity index (χ0n) is 53.3. The van der Waals surface area contributed by atoms with E-state index in [2.05, 4.69) is 21.3 Å². The van der Waals surface area contributed by atoms with Crippen LogP contribution in [0.4, 0.5) is 5.69 Å². The summed E-state index contributed by atoms with van der Waals surface area (Å²) < 4.78 is 13.4. The number of ether oxygens (including phenoxy) is 2. The average molecular weight is 1270 g/mol. The molecule has 22 nitrogen and oxygen atoms in total. The maximum absolute atomic E-state index is 15.8.